The van der Waals surface area contributed by atoms with Crippen LogP contribution in [0.5, 0.6) is 0 Å². The van der Waals surface area contributed by atoms with E-state index in [-0.39, 0.29) is 34.6 Å². The summed E-state index contributed by atoms with van der Waals surface area (Å²) in [5, 5.41) is 0.0298. The van der Waals surface area contributed by atoms with E-state index in [0.717, 1.165) is 11.5 Å². The summed E-state index contributed by atoms with van der Waals surface area (Å²) in [5.74, 6) is -0.490. The van der Waals surface area contributed by atoms with Crippen LogP contribution >= 0.6 is 0 Å². The van der Waals surface area contributed by atoms with E-state index in [4.69, 9.17) is 9.41 Å². The van der Waals surface area contributed by atoms with Gasteiger partial charge in [0.25, 0.3) is 0 Å². The molecule has 3 aliphatic rings. The van der Waals surface area contributed by atoms with Crippen LogP contribution in [0, 0.1) is 23.7 Å². The Morgan fingerprint density at radius 2 is 1.61 bits per heavy atom. The van der Waals surface area contributed by atoms with Crippen LogP contribution in [-0.2, 0) is 19.4 Å². The number of hydrogen-bond donors (Lipinski definition) is 0. The number of nitrogens with zero attached hydrogens (tertiary/aromatic N) is 2. The van der Waals surface area contributed by atoms with Gasteiger partial charge in [0.1, 0.15) is 0 Å². The van der Waals surface area contributed by atoms with Crippen molar-refractivity contribution in [3.8, 4) is 0 Å². The molecule has 172 valence electrons. The molecule has 2 heterocycles. The molecule has 5 atom stereocenters. The number of allylic oxidation sites excluding steroid dienone is 2. The SMILES string of the molecule is CC1(c2ccccn2)C2C=C(O[Si](C)(C)C(C)(C)C)C1C1C(=O)N(c3ccccc3)C(=O)C12. The summed E-state index contributed by atoms with van der Waals surface area (Å²) in [5.41, 5.74) is 1.11. The molecule has 1 aromatic carbocycles. The zero-order valence-electron chi connectivity index (χ0n) is 20.2. The highest BCUT2D eigenvalue weighted by atomic mass is 28.4. The van der Waals surface area contributed by atoms with E-state index in [9.17, 15) is 9.59 Å². The number of imide groups is 1. The average Bonchev–Trinajstić information content (AvgIpc) is 3.30. The number of para-hydroxylation sites is 1. The van der Waals surface area contributed by atoms with Gasteiger partial charge in [0.05, 0.1) is 23.3 Å². The number of anilines is 1. The highest BCUT2D eigenvalue weighted by Crippen LogP contribution is 2.66. The Labute approximate surface area is 197 Å². The number of aromatic nitrogens is 1. The van der Waals surface area contributed by atoms with Crippen LogP contribution in [-0.4, -0.2) is 25.1 Å². The number of hydrogen-bond acceptors (Lipinski definition) is 4. The Morgan fingerprint density at radius 3 is 2.21 bits per heavy atom. The van der Waals surface area contributed by atoms with Crippen molar-refractivity contribution in [1.82, 2.24) is 4.98 Å². The quantitative estimate of drug-likeness (QED) is 0.458. The molecule has 5 rings (SSSR count). The van der Waals surface area contributed by atoms with E-state index < -0.39 is 19.7 Å². The number of amides is 2. The summed E-state index contributed by atoms with van der Waals surface area (Å²) in [4.78, 5) is 33.6. The molecule has 1 aliphatic heterocycles. The fraction of sp³-hybridized carbons (Fsp3) is 0.444. The third-order valence-corrected chi connectivity index (χ3v) is 12.9. The Morgan fingerprint density at radius 1 is 0.970 bits per heavy atom. The molecular formula is C27H32N2O3Si. The molecule has 33 heavy (non-hydrogen) atoms. The first-order valence-electron chi connectivity index (χ1n) is 11.7. The van der Waals surface area contributed by atoms with Gasteiger partial charge in [0.15, 0.2) is 0 Å². The minimum Gasteiger partial charge on any atom is -0.546 e. The second-order valence-electron chi connectivity index (χ2n) is 11.3. The van der Waals surface area contributed by atoms with Crippen LogP contribution in [0.1, 0.15) is 33.4 Å². The maximum absolute atomic E-state index is 13.8. The minimum absolute atomic E-state index is 0.0298. The molecule has 2 bridgehead atoms. The first-order valence-corrected chi connectivity index (χ1v) is 14.6. The number of fused-ring (bicyclic) bond motifs is 5. The van der Waals surface area contributed by atoms with Gasteiger partial charge >= 0.3 is 0 Å². The van der Waals surface area contributed by atoms with Crippen molar-refractivity contribution in [3.05, 3.63) is 72.3 Å². The molecule has 0 spiro atoms. The maximum Gasteiger partial charge on any atom is 0.250 e. The van der Waals surface area contributed by atoms with E-state index in [1.165, 1.54) is 4.90 Å². The Bertz CT molecular complexity index is 1140. The zero-order valence-corrected chi connectivity index (χ0v) is 21.2. The third kappa shape index (κ3) is 2.99. The number of benzene rings is 1. The van der Waals surface area contributed by atoms with Gasteiger partial charge in [0, 0.05) is 29.1 Å². The Balaban J connectivity index is 1.61. The maximum atomic E-state index is 13.8. The van der Waals surface area contributed by atoms with Crippen molar-refractivity contribution in [1.29, 1.82) is 0 Å². The predicted octanol–water partition coefficient (Wildman–Crippen LogP) is 5.31. The summed E-state index contributed by atoms with van der Waals surface area (Å²) in [6.07, 6.45) is 3.95. The standard InChI is InChI=1S/C27H32N2O3Si/c1-26(2,3)33(5,6)32-19-16-18-21-22(23(19)27(18,4)20-14-10-11-15-28-20)25(31)29(24(21)30)17-12-8-7-9-13-17/h7-16,18,21-23H,1-6H3. The lowest BCUT2D eigenvalue weighted by Gasteiger charge is -2.40. The van der Waals surface area contributed by atoms with Gasteiger partial charge in [-0.2, -0.15) is 0 Å². The fourth-order valence-electron chi connectivity index (χ4n) is 5.81. The predicted molar refractivity (Wildman–Crippen MR) is 131 cm³/mol. The molecule has 5 unspecified atom stereocenters. The van der Waals surface area contributed by atoms with Crippen molar-refractivity contribution < 1.29 is 14.0 Å². The number of rotatable bonds is 4. The van der Waals surface area contributed by atoms with Gasteiger partial charge < -0.3 is 4.43 Å². The smallest absolute Gasteiger partial charge is 0.250 e. The summed E-state index contributed by atoms with van der Waals surface area (Å²) in [6.45, 7) is 13.3. The lowest BCUT2D eigenvalue weighted by molar-refractivity contribution is -0.123. The van der Waals surface area contributed by atoms with Crippen molar-refractivity contribution in [2.24, 2.45) is 23.7 Å². The normalized spacial score (nSPS) is 31.1. The second-order valence-corrected chi connectivity index (χ2v) is 16.1. The van der Waals surface area contributed by atoms with Crippen LogP contribution < -0.4 is 4.90 Å². The first-order chi connectivity index (χ1) is 15.5. The molecule has 0 N–H and O–H groups in total. The molecule has 1 aromatic heterocycles. The van der Waals surface area contributed by atoms with Gasteiger partial charge in [-0.15, -0.1) is 0 Å². The van der Waals surface area contributed by atoms with E-state index >= 15 is 0 Å². The molecule has 2 aromatic rings. The van der Waals surface area contributed by atoms with Gasteiger partial charge in [-0.05, 0) is 48.5 Å². The summed E-state index contributed by atoms with van der Waals surface area (Å²) in [7, 11) is -2.13. The van der Waals surface area contributed by atoms with Crippen LogP contribution in [0.2, 0.25) is 18.1 Å². The first kappa shape index (κ1) is 22.1. The van der Waals surface area contributed by atoms with E-state index in [2.05, 4.69) is 46.9 Å². The van der Waals surface area contributed by atoms with Gasteiger partial charge in [0.2, 0.25) is 20.1 Å². The molecule has 1 saturated carbocycles. The van der Waals surface area contributed by atoms with Gasteiger partial charge in [-0.3, -0.25) is 19.5 Å². The number of pyridine rings is 1. The molecule has 0 radical (unpaired) electrons. The fourth-order valence-corrected chi connectivity index (χ4v) is 6.90. The van der Waals surface area contributed by atoms with Crippen molar-refractivity contribution >= 4 is 25.8 Å². The Hall–Kier alpha value is -2.73. The molecule has 1 saturated heterocycles. The van der Waals surface area contributed by atoms with Crippen LogP contribution in [0.25, 0.3) is 0 Å². The lowest BCUT2D eigenvalue weighted by Crippen LogP contribution is -2.44. The van der Waals surface area contributed by atoms with Crippen molar-refractivity contribution in [2.45, 2.75) is 51.2 Å². The van der Waals surface area contributed by atoms with Crippen LogP contribution in [0.15, 0.2) is 66.6 Å². The summed E-state index contributed by atoms with van der Waals surface area (Å²) >= 11 is 0. The summed E-state index contributed by atoms with van der Waals surface area (Å²) in [6, 6.07) is 15.2. The van der Waals surface area contributed by atoms with Crippen LogP contribution in [0.4, 0.5) is 5.69 Å². The summed E-state index contributed by atoms with van der Waals surface area (Å²) < 4.78 is 6.84. The van der Waals surface area contributed by atoms with Crippen molar-refractivity contribution in [2.75, 3.05) is 4.90 Å². The molecule has 5 nitrogen and oxygen atoms in total. The highest BCUT2D eigenvalue weighted by Gasteiger charge is 2.72. The van der Waals surface area contributed by atoms with Crippen molar-refractivity contribution in [3.63, 3.8) is 0 Å². The van der Waals surface area contributed by atoms with E-state index in [0.29, 0.717) is 5.69 Å². The molecule has 2 amide bonds. The van der Waals surface area contributed by atoms with E-state index in [1.807, 2.05) is 48.5 Å². The minimum atomic E-state index is -2.13. The monoisotopic (exact) mass is 460 g/mol. The number of carbonyl (C=O) groups is 2. The molecule has 2 aliphatic carbocycles. The Kier molecular flexibility index (Phi) is 4.77. The van der Waals surface area contributed by atoms with Crippen LogP contribution in [0.3, 0.4) is 0 Å². The largest absolute Gasteiger partial charge is 0.546 e. The lowest BCUT2D eigenvalue weighted by atomic mass is 9.73. The topological polar surface area (TPSA) is 59.5 Å². The van der Waals surface area contributed by atoms with Gasteiger partial charge in [-0.25, -0.2) is 0 Å². The van der Waals surface area contributed by atoms with E-state index in [1.54, 1.807) is 6.20 Å². The third-order valence-electron chi connectivity index (χ3n) is 8.54. The highest BCUT2D eigenvalue weighted by molar-refractivity contribution is 6.74. The number of carbonyl (C=O) groups excluding carboxylic acids is 2. The average molecular weight is 461 g/mol. The van der Waals surface area contributed by atoms with Gasteiger partial charge in [-0.1, -0.05) is 52.0 Å². The molecule has 2 fully saturated rings. The zero-order chi connectivity index (χ0) is 23.8. The molecular weight excluding hydrogens is 428 g/mol. The molecule has 6 heteroatoms. The second kappa shape index (κ2) is 7.13.